The highest BCUT2D eigenvalue weighted by molar-refractivity contribution is 9.10. The van der Waals surface area contributed by atoms with Gasteiger partial charge in [0.25, 0.3) is 0 Å². The first-order valence-electron chi connectivity index (χ1n) is 5.88. The van der Waals surface area contributed by atoms with Crippen molar-refractivity contribution in [2.24, 2.45) is 0 Å². The minimum absolute atomic E-state index is 0.254. The van der Waals surface area contributed by atoms with Gasteiger partial charge in [0.05, 0.1) is 6.61 Å². The molecule has 102 valence electrons. The van der Waals surface area contributed by atoms with Gasteiger partial charge in [-0.25, -0.2) is 4.79 Å². The number of carboxylic acid groups (broad SMARTS) is 1. The van der Waals surface area contributed by atoms with Gasteiger partial charge >= 0.3 is 11.9 Å². The van der Waals surface area contributed by atoms with Crippen molar-refractivity contribution in [2.45, 2.75) is 19.8 Å². The quantitative estimate of drug-likeness (QED) is 0.644. The van der Waals surface area contributed by atoms with E-state index < -0.39 is 5.97 Å². The van der Waals surface area contributed by atoms with Crippen LogP contribution in [0.15, 0.2) is 28.7 Å². The zero-order chi connectivity index (χ0) is 14.3. The van der Waals surface area contributed by atoms with Crippen LogP contribution in [-0.2, 0) is 20.7 Å². The number of carboxylic acids is 1. The van der Waals surface area contributed by atoms with Gasteiger partial charge in [0.15, 0.2) is 0 Å². The molecule has 0 amide bonds. The van der Waals surface area contributed by atoms with Crippen molar-refractivity contribution in [1.29, 1.82) is 0 Å². The second kappa shape index (κ2) is 7.74. The van der Waals surface area contributed by atoms with E-state index in [4.69, 9.17) is 9.84 Å². The Morgan fingerprint density at radius 2 is 2.16 bits per heavy atom. The summed E-state index contributed by atoms with van der Waals surface area (Å²) in [5.74, 6) is -1.25. The predicted octanol–water partition coefficient (Wildman–Crippen LogP) is 3.04. The summed E-state index contributed by atoms with van der Waals surface area (Å²) < 4.78 is 5.76. The van der Waals surface area contributed by atoms with Crippen LogP contribution >= 0.6 is 15.9 Å². The van der Waals surface area contributed by atoms with Crippen LogP contribution in [0.25, 0.3) is 6.08 Å². The van der Waals surface area contributed by atoms with Crippen molar-refractivity contribution in [3.05, 3.63) is 39.9 Å². The zero-order valence-corrected chi connectivity index (χ0v) is 12.1. The Morgan fingerprint density at radius 1 is 1.42 bits per heavy atom. The number of esters is 1. The third-order valence-electron chi connectivity index (χ3n) is 2.41. The molecular weight excluding hydrogens is 312 g/mol. The van der Waals surface area contributed by atoms with Gasteiger partial charge in [0.2, 0.25) is 0 Å². The van der Waals surface area contributed by atoms with Crippen LogP contribution in [0.5, 0.6) is 0 Å². The minimum atomic E-state index is -1.00. The van der Waals surface area contributed by atoms with Crippen LogP contribution in [0.2, 0.25) is 0 Å². The van der Waals surface area contributed by atoms with Crippen molar-refractivity contribution in [1.82, 2.24) is 0 Å². The highest BCUT2D eigenvalue weighted by Gasteiger charge is 2.06. The topological polar surface area (TPSA) is 63.6 Å². The molecule has 0 heterocycles. The van der Waals surface area contributed by atoms with Gasteiger partial charge < -0.3 is 9.84 Å². The first-order valence-corrected chi connectivity index (χ1v) is 6.67. The second-order valence-corrected chi connectivity index (χ2v) is 4.74. The maximum Gasteiger partial charge on any atom is 0.328 e. The first kappa shape index (κ1) is 15.4. The van der Waals surface area contributed by atoms with Crippen LogP contribution in [-0.4, -0.2) is 23.7 Å². The number of rotatable bonds is 6. The molecule has 0 aliphatic carbocycles. The van der Waals surface area contributed by atoms with Crippen LogP contribution in [0.1, 0.15) is 24.5 Å². The average Bonchev–Trinajstić information content (AvgIpc) is 2.35. The van der Waals surface area contributed by atoms with Crippen LogP contribution in [0.4, 0.5) is 0 Å². The molecule has 1 aromatic carbocycles. The normalized spacial score (nSPS) is 10.6. The number of aliphatic carboxylic acids is 1. The first-order chi connectivity index (χ1) is 9.02. The van der Waals surface area contributed by atoms with E-state index in [1.54, 1.807) is 6.92 Å². The van der Waals surface area contributed by atoms with E-state index in [0.717, 1.165) is 21.7 Å². The summed E-state index contributed by atoms with van der Waals surface area (Å²) in [5, 5.41) is 8.64. The predicted molar refractivity (Wildman–Crippen MR) is 75.8 cm³/mol. The fourth-order valence-corrected chi connectivity index (χ4v) is 1.99. The number of ether oxygens (including phenoxy) is 1. The standard InChI is InChI=1S/C14H15BrO4/c1-2-19-14(18)8-5-11-9-12(15)6-3-10(11)4-7-13(16)17/h3-4,6-7,9H,2,5,8H2,1H3,(H,16,17)/b7-4+. The molecule has 0 aromatic heterocycles. The number of aryl methyl sites for hydroxylation is 1. The van der Waals surface area contributed by atoms with Gasteiger partial charge in [-0.3, -0.25) is 4.79 Å². The Kier molecular flexibility index (Phi) is 6.29. The molecule has 1 aromatic rings. The second-order valence-electron chi connectivity index (χ2n) is 3.82. The van der Waals surface area contributed by atoms with Crippen molar-refractivity contribution in [3.8, 4) is 0 Å². The lowest BCUT2D eigenvalue weighted by atomic mass is 10.0. The third kappa shape index (κ3) is 5.70. The molecule has 4 nitrogen and oxygen atoms in total. The lowest BCUT2D eigenvalue weighted by Crippen LogP contribution is -2.05. The fraction of sp³-hybridized carbons (Fsp3) is 0.286. The van der Waals surface area contributed by atoms with Crippen LogP contribution in [0, 0.1) is 0 Å². The van der Waals surface area contributed by atoms with Crippen molar-refractivity contribution >= 4 is 33.9 Å². The SMILES string of the molecule is CCOC(=O)CCc1cc(Br)ccc1/C=C/C(=O)O. The van der Waals surface area contributed by atoms with Crippen LogP contribution < -0.4 is 0 Å². The molecule has 0 bridgehead atoms. The summed E-state index contributed by atoms with van der Waals surface area (Å²) in [4.78, 5) is 21.9. The largest absolute Gasteiger partial charge is 0.478 e. The van der Waals surface area contributed by atoms with Gasteiger partial charge in [0.1, 0.15) is 0 Å². The molecule has 0 radical (unpaired) electrons. The minimum Gasteiger partial charge on any atom is -0.478 e. The average molecular weight is 327 g/mol. The lowest BCUT2D eigenvalue weighted by molar-refractivity contribution is -0.143. The molecule has 0 aliphatic heterocycles. The molecule has 1 N–H and O–H groups in total. The fourth-order valence-electron chi connectivity index (χ4n) is 1.58. The van der Waals surface area contributed by atoms with E-state index in [1.807, 2.05) is 18.2 Å². The number of hydrogen-bond acceptors (Lipinski definition) is 3. The van der Waals surface area contributed by atoms with E-state index in [2.05, 4.69) is 15.9 Å². The summed E-state index contributed by atoms with van der Waals surface area (Å²) in [5.41, 5.74) is 1.69. The summed E-state index contributed by atoms with van der Waals surface area (Å²) in [6.07, 6.45) is 3.39. The van der Waals surface area contributed by atoms with E-state index in [1.165, 1.54) is 6.08 Å². The molecule has 19 heavy (non-hydrogen) atoms. The molecule has 1 rings (SSSR count). The van der Waals surface area contributed by atoms with E-state index >= 15 is 0 Å². The van der Waals surface area contributed by atoms with Crippen LogP contribution in [0.3, 0.4) is 0 Å². The molecule has 0 saturated carbocycles. The maximum atomic E-state index is 11.3. The summed E-state index contributed by atoms with van der Waals surface area (Å²) in [6.45, 7) is 2.13. The zero-order valence-electron chi connectivity index (χ0n) is 10.6. The molecule has 0 atom stereocenters. The third-order valence-corrected chi connectivity index (χ3v) is 2.91. The number of halogens is 1. The number of hydrogen-bond donors (Lipinski definition) is 1. The molecule has 0 fully saturated rings. The highest BCUT2D eigenvalue weighted by atomic mass is 79.9. The number of carbonyl (C=O) groups is 2. The smallest absolute Gasteiger partial charge is 0.328 e. The molecule has 0 aliphatic rings. The van der Waals surface area contributed by atoms with E-state index in [0.29, 0.717) is 13.0 Å². The van der Waals surface area contributed by atoms with Crippen molar-refractivity contribution in [3.63, 3.8) is 0 Å². The summed E-state index contributed by atoms with van der Waals surface area (Å²) in [6, 6.07) is 5.51. The van der Waals surface area contributed by atoms with Gasteiger partial charge in [0, 0.05) is 17.0 Å². The van der Waals surface area contributed by atoms with E-state index in [9.17, 15) is 9.59 Å². The number of carbonyl (C=O) groups excluding carboxylic acids is 1. The van der Waals surface area contributed by atoms with Gasteiger partial charge in [-0.15, -0.1) is 0 Å². The Morgan fingerprint density at radius 3 is 2.79 bits per heavy atom. The summed E-state index contributed by atoms with van der Waals surface area (Å²) in [7, 11) is 0. The Hall–Kier alpha value is -1.62. The van der Waals surface area contributed by atoms with Gasteiger partial charge in [-0.2, -0.15) is 0 Å². The van der Waals surface area contributed by atoms with E-state index in [-0.39, 0.29) is 12.4 Å². The number of benzene rings is 1. The molecule has 5 heteroatoms. The molecule has 0 unspecified atom stereocenters. The Balaban J connectivity index is 2.82. The van der Waals surface area contributed by atoms with Crippen molar-refractivity contribution in [2.75, 3.05) is 6.61 Å². The van der Waals surface area contributed by atoms with Gasteiger partial charge in [-0.05, 0) is 42.7 Å². The van der Waals surface area contributed by atoms with Gasteiger partial charge in [-0.1, -0.05) is 22.0 Å². The Bertz CT molecular complexity index is 494. The molecule has 0 saturated heterocycles. The molecule has 0 spiro atoms. The lowest BCUT2D eigenvalue weighted by Gasteiger charge is -2.07. The summed E-state index contributed by atoms with van der Waals surface area (Å²) >= 11 is 3.36. The molecular formula is C14H15BrO4. The highest BCUT2D eigenvalue weighted by Crippen LogP contribution is 2.19. The monoisotopic (exact) mass is 326 g/mol. The Labute approximate surface area is 120 Å². The maximum absolute atomic E-state index is 11.3. The van der Waals surface area contributed by atoms with Crippen molar-refractivity contribution < 1.29 is 19.4 Å².